The first-order chi connectivity index (χ1) is 19.8. The van der Waals surface area contributed by atoms with Gasteiger partial charge in [0, 0.05) is 26.6 Å². The molecule has 0 amide bonds. The van der Waals surface area contributed by atoms with Crippen LogP contribution in [-0.4, -0.2) is 0 Å². The van der Waals surface area contributed by atoms with Crippen molar-refractivity contribution < 1.29 is 4.42 Å². The summed E-state index contributed by atoms with van der Waals surface area (Å²) in [6.07, 6.45) is 0. The molecule has 9 rings (SSSR count). The van der Waals surface area contributed by atoms with Crippen LogP contribution in [0, 0.1) is 0 Å². The van der Waals surface area contributed by atoms with Crippen LogP contribution in [0.4, 0.5) is 0 Å². The Balaban J connectivity index is 1.49. The Morgan fingerprint density at radius 1 is 0.425 bits per heavy atom. The minimum absolute atomic E-state index is 0.929. The second kappa shape index (κ2) is 8.29. The van der Waals surface area contributed by atoms with Crippen LogP contribution in [0.25, 0.3) is 86.6 Å². The zero-order chi connectivity index (χ0) is 26.2. The molecule has 2 heterocycles. The molecule has 2 aromatic heterocycles. The van der Waals surface area contributed by atoms with Crippen molar-refractivity contribution in [2.45, 2.75) is 0 Å². The van der Waals surface area contributed by atoms with Crippen LogP contribution in [0.3, 0.4) is 0 Å². The summed E-state index contributed by atoms with van der Waals surface area (Å²) in [6, 6.07) is 46.1. The van der Waals surface area contributed by atoms with Gasteiger partial charge in [-0.15, -0.1) is 11.3 Å². The number of benzene rings is 7. The lowest BCUT2D eigenvalue weighted by atomic mass is 9.85. The predicted octanol–water partition coefficient (Wildman–Crippen LogP) is 11.6. The quantitative estimate of drug-likeness (QED) is 0.204. The fourth-order valence-corrected chi connectivity index (χ4v) is 7.50. The van der Waals surface area contributed by atoms with Crippen LogP contribution in [0.2, 0.25) is 0 Å². The zero-order valence-corrected chi connectivity index (χ0v) is 22.3. The minimum Gasteiger partial charge on any atom is -0.455 e. The molecule has 0 atom stereocenters. The van der Waals surface area contributed by atoms with E-state index in [1.54, 1.807) is 11.3 Å². The van der Waals surface area contributed by atoms with Gasteiger partial charge in [0.1, 0.15) is 11.2 Å². The molecule has 40 heavy (non-hydrogen) atoms. The summed E-state index contributed by atoms with van der Waals surface area (Å²) in [5.41, 5.74) is 6.84. The normalized spacial score (nSPS) is 12.0. The lowest BCUT2D eigenvalue weighted by Gasteiger charge is -2.18. The summed E-state index contributed by atoms with van der Waals surface area (Å²) in [6.45, 7) is 0. The van der Waals surface area contributed by atoms with Crippen molar-refractivity contribution in [3.05, 3.63) is 133 Å². The Kier molecular flexibility index (Phi) is 4.55. The van der Waals surface area contributed by atoms with Crippen molar-refractivity contribution >= 4 is 75.7 Å². The molecule has 0 aliphatic carbocycles. The third kappa shape index (κ3) is 3.03. The van der Waals surface area contributed by atoms with Gasteiger partial charge in [-0.2, -0.15) is 0 Å². The van der Waals surface area contributed by atoms with Crippen molar-refractivity contribution in [1.82, 2.24) is 0 Å². The number of rotatable bonds is 2. The topological polar surface area (TPSA) is 13.1 Å². The molecule has 0 N–H and O–H groups in total. The highest BCUT2D eigenvalue weighted by Gasteiger charge is 2.23. The fraction of sp³-hybridized carbons (Fsp3) is 0. The van der Waals surface area contributed by atoms with Crippen molar-refractivity contribution in [2.75, 3.05) is 0 Å². The number of hydrogen-bond donors (Lipinski definition) is 0. The second-order valence-electron chi connectivity index (χ2n) is 10.5. The molecule has 0 unspecified atom stereocenters. The first-order valence-electron chi connectivity index (χ1n) is 13.6. The smallest absolute Gasteiger partial charge is 0.144 e. The molecule has 0 saturated carbocycles. The van der Waals surface area contributed by atoms with E-state index in [9.17, 15) is 0 Å². The van der Waals surface area contributed by atoms with Crippen LogP contribution >= 0.6 is 11.3 Å². The van der Waals surface area contributed by atoms with Gasteiger partial charge in [0.15, 0.2) is 0 Å². The summed E-state index contributed by atoms with van der Waals surface area (Å²) in [5.74, 6) is 0. The average Bonchev–Trinajstić information content (AvgIpc) is 3.63. The Hall–Kier alpha value is -4.92. The molecule has 1 nitrogen and oxygen atoms in total. The van der Waals surface area contributed by atoms with Gasteiger partial charge in [0.2, 0.25) is 0 Å². The van der Waals surface area contributed by atoms with Gasteiger partial charge in [0.25, 0.3) is 0 Å². The summed E-state index contributed by atoms with van der Waals surface area (Å²) in [4.78, 5) is 0. The van der Waals surface area contributed by atoms with E-state index in [1.807, 2.05) is 0 Å². The molecule has 186 valence electrons. The lowest BCUT2D eigenvalue weighted by Crippen LogP contribution is -1.91. The van der Waals surface area contributed by atoms with E-state index in [-0.39, 0.29) is 0 Å². The molecule has 0 aliphatic heterocycles. The van der Waals surface area contributed by atoms with Crippen LogP contribution in [0.5, 0.6) is 0 Å². The number of furan rings is 1. The van der Waals surface area contributed by atoms with E-state index >= 15 is 0 Å². The largest absolute Gasteiger partial charge is 0.455 e. The molecule has 2 heteroatoms. The van der Waals surface area contributed by atoms with Crippen LogP contribution in [0.1, 0.15) is 0 Å². The third-order valence-electron chi connectivity index (χ3n) is 8.30. The summed E-state index contributed by atoms with van der Waals surface area (Å²) >= 11 is 1.79. The van der Waals surface area contributed by atoms with E-state index in [0.29, 0.717) is 0 Å². The van der Waals surface area contributed by atoms with E-state index in [0.717, 1.165) is 16.6 Å². The number of thiophene rings is 1. The van der Waals surface area contributed by atoms with Crippen molar-refractivity contribution in [2.24, 2.45) is 0 Å². The van der Waals surface area contributed by atoms with E-state index in [4.69, 9.17) is 4.42 Å². The highest BCUT2D eigenvalue weighted by Crippen LogP contribution is 2.50. The van der Waals surface area contributed by atoms with Gasteiger partial charge in [-0.3, -0.25) is 0 Å². The highest BCUT2D eigenvalue weighted by molar-refractivity contribution is 7.18. The molecule has 0 spiro atoms. The number of hydrogen-bond acceptors (Lipinski definition) is 2. The van der Waals surface area contributed by atoms with Crippen molar-refractivity contribution in [3.8, 4) is 22.3 Å². The van der Waals surface area contributed by atoms with Crippen LogP contribution < -0.4 is 0 Å². The maximum Gasteiger partial charge on any atom is 0.144 e. The molecule has 0 radical (unpaired) electrons. The maximum atomic E-state index is 6.68. The van der Waals surface area contributed by atoms with Gasteiger partial charge in [0.05, 0.1) is 0 Å². The Morgan fingerprint density at radius 3 is 1.80 bits per heavy atom. The van der Waals surface area contributed by atoms with E-state index in [1.165, 1.54) is 70.0 Å². The van der Waals surface area contributed by atoms with Crippen LogP contribution in [-0.2, 0) is 0 Å². The summed E-state index contributed by atoms with van der Waals surface area (Å²) in [5, 5.41) is 13.3. The zero-order valence-electron chi connectivity index (χ0n) is 21.5. The first kappa shape index (κ1) is 22.0. The van der Waals surface area contributed by atoms with Crippen LogP contribution in [0.15, 0.2) is 137 Å². The molecular formula is C38H22OS. The molecule has 0 saturated heterocycles. The molecular weight excluding hydrogens is 504 g/mol. The first-order valence-corrected chi connectivity index (χ1v) is 14.5. The number of fused-ring (bicyclic) bond motifs is 7. The van der Waals surface area contributed by atoms with Gasteiger partial charge < -0.3 is 4.42 Å². The Bertz CT molecular complexity index is 2380. The Morgan fingerprint density at radius 2 is 1.05 bits per heavy atom. The monoisotopic (exact) mass is 526 g/mol. The summed E-state index contributed by atoms with van der Waals surface area (Å²) < 4.78 is 7.95. The lowest BCUT2D eigenvalue weighted by molar-refractivity contribution is 0.670. The van der Waals surface area contributed by atoms with Crippen molar-refractivity contribution in [1.29, 1.82) is 0 Å². The highest BCUT2D eigenvalue weighted by atomic mass is 32.1. The molecule has 0 aliphatic rings. The molecule has 7 aromatic carbocycles. The maximum absolute atomic E-state index is 6.68. The second-order valence-corrected chi connectivity index (χ2v) is 11.4. The predicted molar refractivity (Wildman–Crippen MR) is 172 cm³/mol. The van der Waals surface area contributed by atoms with E-state index in [2.05, 4.69) is 133 Å². The number of para-hydroxylation sites is 1. The van der Waals surface area contributed by atoms with Gasteiger partial charge in [-0.1, -0.05) is 103 Å². The van der Waals surface area contributed by atoms with Gasteiger partial charge in [-0.05, 0) is 78.5 Å². The average molecular weight is 527 g/mol. The van der Waals surface area contributed by atoms with Gasteiger partial charge in [-0.25, -0.2) is 0 Å². The summed E-state index contributed by atoms with van der Waals surface area (Å²) in [7, 11) is 0. The SMILES string of the molecule is c1ccc2cc(-c3c4ccccc4c(-c4c5oc6ccccc6c5cc5ccsc45)c4ccccc34)ccc2c1. The third-order valence-corrected chi connectivity index (χ3v) is 9.25. The molecule has 9 aromatic rings. The fourth-order valence-electron chi connectivity index (χ4n) is 6.57. The van der Waals surface area contributed by atoms with E-state index < -0.39 is 0 Å². The molecule has 0 bridgehead atoms. The van der Waals surface area contributed by atoms with Gasteiger partial charge >= 0.3 is 0 Å². The molecule has 0 fully saturated rings. The standard InChI is InChI=1S/C38H22OS/c1-2-10-24-21-25(18-17-23(24)9-1)34-28-12-3-5-14-30(28)35(31-15-6-4-13-29(31)34)36-37-32(22-26-19-20-40-38(26)36)27-11-7-8-16-33(27)39-37/h1-22H. The Labute approximate surface area is 234 Å². The van der Waals surface area contributed by atoms with Crippen molar-refractivity contribution in [3.63, 3.8) is 0 Å². The minimum atomic E-state index is 0.929.